The maximum Gasteiger partial charge on any atom is 0.254 e. The zero-order chi connectivity index (χ0) is 23.1. The number of amides is 2. The second-order valence-corrected chi connectivity index (χ2v) is 8.36. The van der Waals surface area contributed by atoms with Crippen molar-refractivity contribution in [2.45, 2.75) is 44.9 Å². The minimum absolute atomic E-state index is 0.0252. The molecule has 0 saturated carbocycles. The van der Waals surface area contributed by atoms with E-state index in [0.29, 0.717) is 23.4 Å². The summed E-state index contributed by atoms with van der Waals surface area (Å²) in [6.07, 6.45) is 0. The first-order valence-electron chi connectivity index (χ1n) is 10.4. The van der Waals surface area contributed by atoms with E-state index in [1.54, 1.807) is 6.07 Å². The highest BCUT2D eigenvalue weighted by molar-refractivity contribution is 7.99. The standard InChI is InChI=1S/C23H26FN5O2S/c1-4-29-20(13-25-22(31)18-7-5-6-8-19(18)24)27-28-23(29)32-14-21(30)26-17-11-9-16(10-12-17)15(2)3/h5-12,15H,4,13-14H2,1-3H3,(H,25,31)(H,26,30). The number of nitrogens with one attached hydrogen (secondary N) is 2. The Morgan fingerprint density at radius 3 is 2.47 bits per heavy atom. The number of aromatic nitrogens is 3. The van der Waals surface area contributed by atoms with Gasteiger partial charge >= 0.3 is 0 Å². The van der Waals surface area contributed by atoms with E-state index in [1.165, 1.54) is 35.5 Å². The average Bonchev–Trinajstić information content (AvgIpc) is 3.18. The van der Waals surface area contributed by atoms with Crippen molar-refractivity contribution in [2.75, 3.05) is 11.1 Å². The predicted molar refractivity (Wildman–Crippen MR) is 123 cm³/mol. The SMILES string of the molecule is CCn1c(CNC(=O)c2ccccc2F)nnc1SCC(=O)Nc1ccc(C(C)C)cc1. The van der Waals surface area contributed by atoms with Gasteiger partial charge in [-0.05, 0) is 42.7 Å². The number of carbonyl (C=O) groups is 2. The van der Waals surface area contributed by atoms with Crippen LogP contribution in [0, 0.1) is 5.82 Å². The van der Waals surface area contributed by atoms with E-state index < -0.39 is 11.7 Å². The highest BCUT2D eigenvalue weighted by atomic mass is 32.2. The van der Waals surface area contributed by atoms with Gasteiger partial charge in [0.2, 0.25) is 5.91 Å². The number of rotatable bonds is 9. The molecule has 7 nitrogen and oxygen atoms in total. The van der Waals surface area contributed by atoms with Crippen LogP contribution < -0.4 is 10.6 Å². The van der Waals surface area contributed by atoms with Gasteiger partial charge in [-0.2, -0.15) is 0 Å². The third-order valence-corrected chi connectivity index (χ3v) is 5.80. The number of halogens is 1. The summed E-state index contributed by atoms with van der Waals surface area (Å²) in [5, 5.41) is 14.4. The summed E-state index contributed by atoms with van der Waals surface area (Å²) < 4.78 is 15.6. The van der Waals surface area contributed by atoms with Gasteiger partial charge < -0.3 is 15.2 Å². The van der Waals surface area contributed by atoms with Crippen LogP contribution in [0.4, 0.5) is 10.1 Å². The van der Waals surface area contributed by atoms with Gasteiger partial charge in [0.15, 0.2) is 11.0 Å². The zero-order valence-corrected chi connectivity index (χ0v) is 19.1. The molecule has 0 radical (unpaired) electrons. The molecule has 0 aliphatic rings. The molecule has 0 bridgehead atoms. The topological polar surface area (TPSA) is 88.9 Å². The van der Waals surface area contributed by atoms with Crippen molar-refractivity contribution in [3.8, 4) is 0 Å². The van der Waals surface area contributed by atoms with Gasteiger partial charge in [0, 0.05) is 12.2 Å². The first kappa shape index (κ1) is 23.5. The Bertz CT molecular complexity index is 1080. The van der Waals surface area contributed by atoms with Crippen LogP contribution in [0.3, 0.4) is 0 Å². The molecule has 1 aromatic heterocycles. The van der Waals surface area contributed by atoms with Crippen LogP contribution in [-0.2, 0) is 17.9 Å². The highest BCUT2D eigenvalue weighted by Crippen LogP contribution is 2.20. The van der Waals surface area contributed by atoms with E-state index in [2.05, 4.69) is 34.7 Å². The number of hydrogen-bond acceptors (Lipinski definition) is 5. The van der Waals surface area contributed by atoms with E-state index in [9.17, 15) is 14.0 Å². The number of nitrogens with zero attached hydrogens (tertiary/aromatic N) is 3. The summed E-state index contributed by atoms with van der Waals surface area (Å²) in [6.45, 7) is 6.83. The molecule has 0 spiro atoms. The molecule has 0 fully saturated rings. The zero-order valence-electron chi connectivity index (χ0n) is 18.3. The molecule has 0 aliphatic heterocycles. The molecule has 168 valence electrons. The van der Waals surface area contributed by atoms with Gasteiger partial charge in [-0.3, -0.25) is 9.59 Å². The fraction of sp³-hybridized carbons (Fsp3) is 0.304. The van der Waals surface area contributed by atoms with Gasteiger partial charge in [-0.1, -0.05) is 49.9 Å². The Hall–Kier alpha value is -3.20. The first-order chi connectivity index (χ1) is 15.4. The van der Waals surface area contributed by atoms with E-state index in [0.717, 1.165) is 5.69 Å². The van der Waals surface area contributed by atoms with Crippen LogP contribution in [0.15, 0.2) is 53.7 Å². The summed E-state index contributed by atoms with van der Waals surface area (Å²) in [6, 6.07) is 13.6. The number of carbonyl (C=O) groups excluding carboxylic acids is 2. The number of thioether (sulfide) groups is 1. The Morgan fingerprint density at radius 1 is 1.09 bits per heavy atom. The maximum atomic E-state index is 13.8. The van der Waals surface area contributed by atoms with Gasteiger partial charge in [0.25, 0.3) is 5.91 Å². The molecule has 0 unspecified atom stereocenters. The lowest BCUT2D eigenvalue weighted by molar-refractivity contribution is -0.113. The van der Waals surface area contributed by atoms with Crippen molar-refractivity contribution in [1.82, 2.24) is 20.1 Å². The van der Waals surface area contributed by atoms with Gasteiger partial charge in [0.1, 0.15) is 5.82 Å². The molecular formula is C23H26FN5O2S. The summed E-state index contributed by atoms with van der Waals surface area (Å²) in [7, 11) is 0. The average molecular weight is 456 g/mol. The highest BCUT2D eigenvalue weighted by Gasteiger charge is 2.16. The Kier molecular flexibility index (Phi) is 7.99. The van der Waals surface area contributed by atoms with Crippen LogP contribution in [-0.4, -0.2) is 32.3 Å². The molecule has 3 aromatic rings. The normalized spacial score (nSPS) is 10.9. The second-order valence-electron chi connectivity index (χ2n) is 7.42. The van der Waals surface area contributed by atoms with E-state index in [1.807, 2.05) is 35.8 Å². The van der Waals surface area contributed by atoms with Crippen molar-refractivity contribution < 1.29 is 14.0 Å². The molecule has 0 aliphatic carbocycles. The third kappa shape index (κ3) is 5.94. The molecule has 2 aromatic carbocycles. The number of anilines is 1. The van der Waals surface area contributed by atoms with Crippen LogP contribution in [0.1, 0.15) is 48.4 Å². The van der Waals surface area contributed by atoms with Crippen LogP contribution in [0.5, 0.6) is 0 Å². The fourth-order valence-corrected chi connectivity index (χ4v) is 3.87. The maximum absolute atomic E-state index is 13.8. The third-order valence-electron chi connectivity index (χ3n) is 4.83. The lowest BCUT2D eigenvalue weighted by Gasteiger charge is -2.10. The van der Waals surface area contributed by atoms with Crippen molar-refractivity contribution >= 4 is 29.3 Å². The van der Waals surface area contributed by atoms with Gasteiger partial charge in [-0.15, -0.1) is 10.2 Å². The largest absolute Gasteiger partial charge is 0.345 e. The number of hydrogen-bond donors (Lipinski definition) is 2. The van der Waals surface area contributed by atoms with Crippen molar-refractivity contribution in [2.24, 2.45) is 0 Å². The lowest BCUT2D eigenvalue weighted by Crippen LogP contribution is -2.25. The Balaban J connectivity index is 1.55. The molecular weight excluding hydrogens is 429 g/mol. The van der Waals surface area contributed by atoms with Gasteiger partial charge in [-0.25, -0.2) is 4.39 Å². The van der Waals surface area contributed by atoms with E-state index in [-0.39, 0.29) is 23.8 Å². The van der Waals surface area contributed by atoms with E-state index >= 15 is 0 Å². The summed E-state index contributed by atoms with van der Waals surface area (Å²) in [5.74, 6) is -0.113. The molecule has 32 heavy (non-hydrogen) atoms. The monoisotopic (exact) mass is 455 g/mol. The Morgan fingerprint density at radius 2 is 1.81 bits per heavy atom. The number of benzene rings is 2. The summed E-state index contributed by atoms with van der Waals surface area (Å²) in [5.41, 5.74) is 1.93. The molecule has 2 amide bonds. The summed E-state index contributed by atoms with van der Waals surface area (Å²) >= 11 is 1.27. The van der Waals surface area contributed by atoms with Crippen molar-refractivity contribution in [3.63, 3.8) is 0 Å². The smallest absolute Gasteiger partial charge is 0.254 e. The Labute approximate surface area is 190 Å². The molecule has 0 saturated heterocycles. The van der Waals surface area contributed by atoms with Gasteiger partial charge in [0.05, 0.1) is 17.9 Å². The van der Waals surface area contributed by atoms with Crippen LogP contribution >= 0.6 is 11.8 Å². The van der Waals surface area contributed by atoms with Crippen molar-refractivity contribution in [3.05, 3.63) is 71.3 Å². The minimum Gasteiger partial charge on any atom is -0.345 e. The first-order valence-corrected chi connectivity index (χ1v) is 11.3. The minimum atomic E-state index is -0.580. The quantitative estimate of drug-likeness (QED) is 0.472. The fourth-order valence-electron chi connectivity index (χ4n) is 3.05. The van der Waals surface area contributed by atoms with E-state index in [4.69, 9.17) is 0 Å². The van der Waals surface area contributed by atoms with Crippen LogP contribution in [0.2, 0.25) is 0 Å². The molecule has 2 N–H and O–H groups in total. The molecule has 1 heterocycles. The van der Waals surface area contributed by atoms with Crippen molar-refractivity contribution in [1.29, 1.82) is 0 Å². The lowest BCUT2D eigenvalue weighted by atomic mass is 10.0. The predicted octanol–water partition coefficient (Wildman–Crippen LogP) is 4.22. The second kappa shape index (κ2) is 10.9. The molecule has 0 atom stereocenters. The molecule has 3 rings (SSSR count). The van der Waals surface area contributed by atoms with Crippen LogP contribution in [0.25, 0.3) is 0 Å². The molecule has 9 heteroatoms. The summed E-state index contributed by atoms with van der Waals surface area (Å²) in [4.78, 5) is 24.6.